The van der Waals surface area contributed by atoms with E-state index in [0.29, 0.717) is 12.2 Å². The maximum atomic E-state index is 12.7. The first kappa shape index (κ1) is 21.0. The van der Waals surface area contributed by atoms with Gasteiger partial charge in [-0.15, -0.1) is 5.10 Å². The number of anilines is 2. The van der Waals surface area contributed by atoms with Crippen LogP contribution in [0, 0.1) is 0 Å². The highest BCUT2D eigenvalue weighted by Crippen LogP contribution is 2.17. The largest absolute Gasteiger partial charge is 0.321 e. The molecule has 0 saturated carbocycles. The van der Waals surface area contributed by atoms with E-state index in [1.54, 1.807) is 27.9 Å². The SMILES string of the molecule is CCN(C(=O)Cc1ccc(NC(=O)c2cn(-c3ccccc3)nn2)cc1)c1ccccc1. The number of aromatic nitrogens is 3. The number of hydrogen-bond acceptors (Lipinski definition) is 4. The van der Waals surface area contributed by atoms with Gasteiger partial charge in [0.1, 0.15) is 0 Å². The lowest BCUT2D eigenvalue weighted by atomic mass is 10.1. The number of likely N-dealkylation sites (N-methyl/N-ethyl adjacent to an activating group) is 1. The Balaban J connectivity index is 1.38. The average Bonchev–Trinajstić information content (AvgIpc) is 3.33. The molecule has 0 saturated heterocycles. The lowest BCUT2D eigenvalue weighted by Gasteiger charge is -2.21. The Morgan fingerprint density at radius 2 is 1.56 bits per heavy atom. The van der Waals surface area contributed by atoms with Crippen LogP contribution in [-0.2, 0) is 11.2 Å². The fourth-order valence-corrected chi connectivity index (χ4v) is 3.36. The van der Waals surface area contributed by atoms with Gasteiger partial charge < -0.3 is 10.2 Å². The molecule has 0 unspecified atom stereocenters. The Morgan fingerprint density at radius 3 is 2.22 bits per heavy atom. The van der Waals surface area contributed by atoms with Crippen molar-refractivity contribution in [1.29, 1.82) is 0 Å². The van der Waals surface area contributed by atoms with Gasteiger partial charge in [0.15, 0.2) is 5.69 Å². The zero-order chi connectivity index (χ0) is 22.3. The summed E-state index contributed by atoms with van der Waals surface area (Å²) >= 11 is 0. The molecule has 0 aliphatic rings. The van der Waals surface area contributed by atoms with Crippen LogP contribution in [0.3, 0.4) is 0 Å². The monoisotopic (exact) mass is 425 g/mol. The van der Waals surface area contributed by atoms with Gasteiger partial charge in [0, 0.05) is 17.9 Å². The highest BCUT2D eigenvalue weighted by Gasteiger charge is 2.15. The second-order valence-electron chi connectivity index (χ2n) is 7.19. The van der Waals surface area contributed by atoms with Gasteiger partial charge in [0.25, 0.3) is 5.91 Å². The average molecular weight is 425 g/mol. The number of nitrogens with one attached hydrogen (secondary N) is 1. The summed E-state index contributed by atoms with van der Waals surface area (Å²) in [5.74, 6) is -0.328. The Morgan fingerprint density at radius 1 is 0.906 bits per heavy atom. The third-order valence-electron chi connectivity index (χ3n) is 5.00. The zero-order valence-corrected chi connectivity index (χ0v) is 17.7. The molecule has 32 heavy (non-hydrogen) atoms. The molecule has 7 nitrogen and oxygen atoms in total. The molecule has 3 aromatic carbocycles. The van der Waals surface area contributed by atoms with E-state index >= 15 is 0 Å². The molecule has 0 radical (unpaired) electrons. The van der Waals surface area contributed by atoms with Crippen LogP contribution in [0.25, 0.3) is 5.69 Å². The first-order valence-corrected chi connectivity index (χ1v) is 10.4. The van der Waals surface area contributed by atoms with Gasteiger partial charge in [-0.1, -0.05) is 53.7 Å². The van der Waals surface area contributed by atoms with Crippen LogP contribution in [0.2, 0.25) is 0 Å². The van der Waals surface area contributed by atoms with Crippen molar-refractivity contribution in [3.05, 3.63) is 102 Å². The van der Waals surface area contributed by atoms with Crippen molar-refractivity contribution < 1.29 is 9.59 Å². The Kier molecular flexibility index (Phi) is 6.36. The summed E-state index contributed by atoms with van der Waals surface area (Å²) in [5, 5.41) is 10.8. The maximum Gasteiger partial charge on any atom is 0.277 e. The van der Waals surface area contributed by atoms with E-state index in [1.807, 2.05) is 79.7 Å². The summed E-state index contributed by atoms with van der Waals surface area (Å²) in [5.41, 5.74) is 3.42. The summed E-state index contributed by atoms with van der Waals surface area (Å²) < 4.78 is 1.55. The summed E-state index contributed by atoms with van der Waals surface area (Å²) in [6.45, 7) is 2.55. The minimum absolute atomic E-state index is 0.0213. The van der Waals surface area contributed by atoms with Gasteiger partial charge in [-0.05, 0) is 48.9 Å². The Bertz CT molecular complexity index is 1190. The second-order valence-corrected chi connectivity index (χ2v) is 7.19. The predicted molar refractivity (Wildman–Crippen MR) is 124 cm³/mol. The number of rotatable bonds is 7. The smallest absolute Gasteiger partial charge is 0.277 e. The number of nitrogens with zero attached hydrogens (tertiary/aromatic N) is 4. The van der Waals surface area contributed by atoms with Crippen LogP contribution in [0.15, 0.2) is 91.1 Å². The number of hydrogen-bond donors (Lipinski definition) is 1. The minimum Gasteiger partial charge on any atom is -0.321 e. The zero-order valence-electron chi connectivity index (χ0n) is 17.7. The summed E-state index contributed by atoms with van der Waals surface area (Å²) in [7, 11) is 0. The molecule has 0 aliphatic heterocycles. The van der Waals surface area contributed by atoms with Gasteiger partial charge in [-0.25, -0.2) is 4.68 Å². The fourth-order valence-electron chi connectivity index (χ4n) is 3.36. The third-order valence-corrected chi connectivity index (χ3v) is 5.00. The molecule has 160 valence electrons. The van der Waals surface area contributed by atoms with Crippen molar-refractivity contribution in [2.45, 2.75) is 13.3 Å². The molecule has 1 heterocycles. The van der Waals surface area contributed by atoms with E-state index in [4.69, 9.17) is 0 Å². The van der Waals surface area contributed by atoms with E-state index in [-0.39, 0.29) is 23.9 Å². The second kappa shape index (κ2) is 9.70. The number of benzene rings is 3. The highest BCUT2D eigenvalue weighted by molar-refractivity contribution is 6.02. The first-order valence-electron chi connectivity index (χ1n) is 10.4. The van der Waals surface area contributed by atoms with Gasteiger partial charge in [-0.2, -0.15) is 0 Å². The van der Waals surface area contributed by atoms with Crippen LogP contribution in [0.1, 0.15) is 23.0 Å². The van der Waals surface area contributed by atoms with E-state index in [1.165, 1.54) is 0 Å². The van der Waals surface area contributed by atoms with Crippen molar-refractivity contribution in [2.75, 3.05) is 16.8 Å². The minimum atomic E-state index is -0.350. The molecule has 0 bridgehead atoms. The molecule has 2 amide bonds. The molecule has 1 aromatic heterocycles. The van der Waals surface area contributed by atoms with Crippen LogP contribution in [0.4, 0.5) is 11.4 Å². The van der Waals surface area contributed by atoms with Gasteiger partial charge in [0.2, 0.25) is 5.91 Å². The number of carbonyl (C=O) groups excluding carboxylic acids is 2. The highest BCUT2D eigenvalue weighted by atomic mass is 16.2. The molecule has 0 fully saturated rings. The molecule has 0 aliphatic carbocycles. The van der Waals surface area contributed by atoms with Gasteiger partial charge in [0.05, 0.1) is 18.3 Å². The topological polar surface area (TPSA) is 80.1 Å². The lowest BCUT2D eigenvalue weighted by molar-refractivity contribution is -0.117. The molecule has 4 rings (SSSR count). The van der Waals surface area contributed by atoms with Crippen molar-refractivity contribution in [1.82, 2.24) is 15.0 Å². The molecule has 4 aromatic rings. The maximum absolute atomic E-state index is 12.7. The third kappa shape index (κ3) is 4.89. The number of amides is 2. The normalized spacial score (nSPS) is 10.5. The predicted octanol–water partition coefficient (Wildman–Crippen LogP) is 4.12. The van der Waals surface area contributed by atoms with Crippen molar-refractivity contribution in [2.24, 2.45) is 0 Å². The van der Waals surface area contributed by atoms with Gasteiger partial charge in [-0.3, -0.25) is 9.59 Å². The summed E-state index contributed by atoms with van der Waals surface area (Å²) in [6, 6.07) is 26.3. The lowest BCUT2D eigenvalue weighted by Crippen LogP contribution is -2.31. The van der Waals surface area contributed by atoms with Crippen LogP contribution >= 0.6 is 0 Å². The van der Waals surface area contributed by atoms with Crippen LogP contribution in [0.5, 0.6) is 0 Å². The molecular weight excluding hydrogens is 402 g/mol. The first-order chi connectivity index (χ1) is 15.6. The van der Waals surface area contributed by atoms with Crippen LogP contribution in [-0.4, -0.2) is 33.4 Å². The quantitative estimate of drug-likeness (QED) is 0.483. The summed E-state index contributed by atoms with van der Waals surface area (Å²) in [6.07, 6.45) is 1.86. The molecule has 1 N–H and O–H groups in total. The standard InChI is InChI=1S/C25H23N5O2/c1-2-29(21-9-5-3-6-10-21)24(31)17-19-13-15-20(16-14-19)26-25(32)23-18-30(28-27-23)22-11-7-4-8-12-22/h3-16,18H,2,17H2,1H3,(H,26,32). The molecular formula is C25H23N5O2. The molecule has 7 heteroatoms. The van der Waals surface area contributed by atoms with E-state index in [0.717, 1.165) is 16.9 Å². The van der Waals surface area contributed by atoms with Crippen molar-refractivity contribution in [3.63, 3.8) is 0 Å². The number of carbonyl (C=O) groups is 2. The van der Waals surface area contributed by atoms with E-state index in [2.05, 4.69) is 15.6 Å². The molecule has 0 spiro atoms. The fraction of sp³-hybridized carbons (Fsp3) is 0.120. The summed E-state index contributed by atoms with van der Waals surface area (Å²) in [4.78, 5) is 27.0. The van der Waals surface area contributed by atoms with Crippen LogP contribution < -0.4 is 10.2 Å². The Hall–Kier alpha value is -4.26. The van der Waals surface area contributed by atoms with E-state index in [9.17, 15) is 9.59 Å². The van der Waals surface area contributed by atoms with Gasteiger partial charge >= 0.3 is 0 Å². The Labute approximate surface area is 186 Å². The van der Waals surface area contributed by atoms with E-state index < -0.39 is 0 Å². The van der Waals surface area contributed by atoms with Crippen molar-refractivity contribution >= 4 is 23.2 Å². The number of para-hydroxylation sites is 2. The van der Waals surface area contributed by atoms with Crippen molar-refractivity contribution in [3.8, 4) is 5.69 Å². The molecule has 0 atom stereocenters.